The Labute approximate surface area is 185 Å². The molecule has 0 spiro atoms. The molecule has 7 nitrogen and oxygen atoms in total. The number of aromatic nitrogens is 4. The van der Waals surface area contributed by atoms with E-state index in [0.717, 1.165) is 11.6 Å². The number of halogens is 3. The topological polar surface area (TPSA) is 89.8 Å². The molecule has 4 aromatic rings. The van der Waals surface area contributed by atoms with E-state index in [1.165, 1.54) is 35.3 Å². The van der Waals surface area contributed by atoms with E-state index in [4.69, 9.17) is 23.2 Å². The smallest absolute Gasteiger partial charge is 0.280 e. The zero-order valence-electron chi connectivity index (χ0n) is 16.3. The summed E-state index contributed by atoms with van der Waals surface area (Å²) >= 11 is 11.8. The summed E-state index contributed by atoms with van der Waals surface area (Å²) < 4.78 is 15.9. The largest absolute Gasteiger partial charge is 0.319 e. The number of hydrogen-bond donors (Lipinski definition) is 1. The van der Waals surface area contributed by atoms with Crippen LogP contribution in [0.25, 0.3) is 16.7 Å². The van der Waals surface area contributed by atoms with Crippen molar-refractivity contribution in [2.45, 2.75) is 13.8 Å². The van der Waals surface area contributed by atoms with Crippen molar-refractivity contribution in [3.63, 3.8) is 0 Å². The van der Waals surface area contributed by atoms with Gasteiger partial charge in [-0.2, -0.15) is 5.10 Å². The van der Waals surface area contributed by atoms with Crippen LogP contribution in [0.3, 0.4) is 0 Å². The number of rotatable bonds is 3. The van der Waals surface area contributed by atoms with Crippen molar-refractivity contribution in [1.29, 1.82) is 0 Å². The predicted octanol–water partition coefficient (Wildman–Crippen LogP) is 4.49. The lowest BCUT2D eigenvalue weighted by atomic mass is 10.1. The fraction of sp³-hybridized carbons (Fsp3) is 0.0952. The van der Waals surface area contributed by atoms with Gasteiger partial charge >= 0.3 is 0 Å². The summed E-state index contributed by atoms with van der Waals surface area (Å²) in [6, 6.07) is 7.15. The van der Waals surface area contributed by atoms with Gasteiger partial charge < -0.3 is 5.32 Å². The van der Waals surface area contributed by atoms with Crippen LogP contribution >= 0.6 is 23.2 Å². The van der Waals surface area contributed by atoms with E-state index >= 15 is 0 Å². The fourth-order valence-electron chi connectivity index (χ4n) is 2.99. The molecule has 0 saturated carbocycles. The maximum Gasteiger partial charge on any atom is 0.280 e. The zero-order chi connectivity index (χ0) is 22.3. The summed E-state index contributed by atoms with van der Waals surface area (Å²) in [7, 11) is 0. The van der Waals surface area contributed by atoms with Gasteiger partial charge in [0.1, 0.15) is 17.0 Å². The molecular weight excluding hydrogens is 444 g/mol. The number of carbonyl (C=O) groups is 1. The van der Waals surface area contributed by atoms with Crippen LogP contribution in [0.15, 0.2) is 47.5 Å². The highest BCUT2D eigenvalue weighted by atomic mass is 35.5. The number of fused-ring (bicyclic) bond motifs is 1. The molecule has 0 atom stereocenters. The predicted molar refractivity (Wildman–Crippen MR) is 117 cm³/mol. The molecule has 0 aliphatic heterocycles. The van der Waals surface area contributed by atoms with Crippen LogP contribution < -0.4 is 10.7 Å². The third-order valence-electron chi connectivity index (χ3n) is 4.62. The molecule has 3 heterocycles. The zero-order valence-corrected chi connectivity index (χ0v) is 17.8. The molecule has 0 radical (unpaired) electrons. The summed E-state index contributed by atoms with van der Waals surface area (Å²) in [6.07, 6.45) is 2.77. The summed E-state index contributed by atoms with van der Waals surface area (Å²) in [5, 5.41) is 7.20. The number of carbonyl (C=O) groups excluding carboxylic acids is 1. The molecule has 0 aliphatic rings. The van der Waals surface area contributed by atoms with Gasteiger partial charge in [-0.05, 0) is 49.7 Å². The Kier molecular flexibility index (Phi) is 5.43. The van der Waals surface area contributed by atoms with E-state index < -0.39 is 22.8 Å². The normalized spacial score (nSPS) is 11.0. The quantitative estimate of drug-likeness (QED) is 0.489. The molecule has 0 bridgehead atoms. The van der Waals surface area contributed by atoms with Crippen molar-refractivity contribution in [3.8, 4) is 5.69 Å². The number of anilines is 1. The maximum absolute atomic E-state index is 14.7. The van der Waals surface area contributed by atoms with Gasteiger partial charge in [0.2, 0.25) is 5.43 Å². The number of pyridine rings is 2. The van der Waals surface area contributed by atoms with Crippen molar-refractivity contribution < 1.29 is 9.18 Å². The van der Waals surface area contributed by atoms with Crippen molar-refractivity contribution in [1.82, 2.24) is 19.7 Å². The Hall–Kier alpha value is -3.36. The Balaban J connectivity index is 1.96. The molecule has 1 amide bonds. The first kappa shape index (κ1) is 20.9. The van der Waals surface area contributed by atoms with Gasteiger partial charge in [0.25, 0.3) is 5.91 Å². The number of benzene rings is 1. The number of nitrogens with one attached hydrogen (secondary N) is 1. The SMILES string of the molecule is Cc1cc2c(nc1C)c(=O)c(C(=O)Nc1cncc(Cl)c1)nn2-c1ccc(Cl)cc1F. The monoisotopic (exact) mass is 457 g/mol. The standard InChI is InChI=1S/C21H14Cl2FN5O2/c1-10-5-17-18(26-11(10)2)20(30)19(21(31)27-14-6-13(23)8-25-9-14)28-29(17)16-4-3-12(22)7-15(16)24/h3-9H,1-2H3,(H,27,31). The minimum atomic E-state index is -0.806. The Bertz CT molecular complexity index is 1420. The second-order valence-electron chi connectivity index (χ2n) is 6.79. The first-order valence-corrected chi connectivity index (χ1v) is 9.79. The van der Waals surface area contributed by atoms with Gasteiger partial charge in [-0.1, -0.05) is 23.2 Å². The molecule has 0 fully saturated rings. The fourth-order valence-corrected chi connectivity index (χ4v) is 3.32. The molecule has 1 N–H and O–H groups in total. The van der Waals surface area contributed by atoms with E-state index in [0.29, 0.717) is 10.7 Å². The first-order valence-electron chi connectivity index (χ1n) is 9.03. The molecule has 0 aliphatic carbocycles. The highest BCUT2D eigenvalue weighted by Gasteiger charge is 2.21. The van der Waals surface area contributed by atoms with Crippen LogP contribution in [-0.4, -0.2) is 25.7 Å². The van der Waals surface area contributed by atoms with Crippen molar-refractivity contribution >= 4 is 45.8 Å². The number of amides is 1. The highest BCUT2D eigenvalue weighted by Crippen LogP contribution is 2.22. The summed E-state index contributed by atoms with van der Waals surface area (Å²) in [5.41, 5.74) is 0.767. The van der Waals surface area contributed by atoms with Gasteiger partial charge in [0, 0.05) is 16.9 Å². The molecule has 31 heavy (non-hydrogen) atoms. The van der Waals surface area contributed by atoms with E-state index in [2.05, 4.69) is 20.4 Å². The summed E-state index contributed by atoms with van der Waals surface area (Å²) in [6.45, 7) is 3.54. The van der Waals surface area contributed by atoms with Crippen molar-refractivity contribution in [2.24, 2.45) is 0 Å². The lowest BCUT2D eigenvalue weighted by Gasteiger charge is -2.14. The molecule has 1 aromatic carbocycles. The van der Waals surface area contributed by atoms with E-state index in [1.54, 1.807) is 13.0 Å². The minimum absolute atomic E-state index is 0.0120. The highest BCUT2D eigenvalue weighted by molar-refractivity contribution is 6.31. The average molecular weight is 458 g/mol. The molecule has 4 rings (SSSR count). The van der Waals surface area contributed by atoms with Crippen LogP contribution in [0, 0.1) is 19.7 Å². The number of hydrogen-bond acceptors (Lipinski definition) is 5. The third-order valence-corrected chi connectivity index (χ3v) is 5.06. The lowest BCUT2D eigenvalue weighted by molar-refractivity contribution is 0.102. The average Bonchev–Trinajstić information content (AvgIpc) is 2.70. The molecule has 3 aromatic heterocycles. The van der Waals surface area contributed by atoms with Crippen LogP contribution in [0.2, 0.25) is 10.0 Å². The molecule has 0 unspecified atom stereocenters. The molecular formula is C21H14Cl2FN5O2. The molecule has 10 heteroatoms. The van der Waals surface area contributed by atoms with Crippen LogP contribution in [0.4, 0.5) is 10.1 Å². The Morgan fingerprint density at radius 1 is 1.10 bits per heavy atom. The van der Waals surface area contributed by atoms with E-state index in [1.807, 2.05) is 6.92 Å². The molecule has 0 saturated heterocycles. The number of aryl methyl sites for hydroxylation is 2. The summed E-state index contributed by atoms with van der Waals surface area (Å²) in [4.78, 5) is 34.1. The Morgan fingerprint density at radius 2 is 1.87 bits per heavy atom. The van der Waals surface area contributed by atoms with Crippen LogP contribution in [0.1, 0.15) is 21.7 Å². The van der Waals surface area contributed by atoms with Gasteiger partial charge in [0.15, 0.2) is 5.69 Å². The second-order valence-corrected chi connectivity index (χ2v) is 7.66. The van der Waals surface area contributed by atoms with Gasteiger partial charge in [-0.15, -0.1) is 0 Å². The first-order chi connectivity index (χ1) is 14.7. The van der Waals surface area contributed by atoms with E-state index in [9.17, 15) is 14.0 Å². The van der Waals surface area contributed by atoms with Crippen LogP contribution in [-0.2, 0) is 0 Å². The molecule has 156 valence electrons. The van der Waals surface area contributed by atoms with Crippen molar-refractivity contribution in [3.05, 3.63) is 85.8 Å². The minimum Gasteiger partial charge on any atom is -0.319 e. The van der Waals surface area contributed by atoms with Crippen LogP contribution in [0.5, 0.6) is 0 Å². The van der Waals surface area contributed by atoms with Gasteiger partial charge in [-0.3, -0.25) is 14.6 Å². The number of nitrogens with zero attached hydrogens (tertiary/aromatic N) is 4. The summed E-state index contributed by atoms with van der Waals surface area (Å²) in [5.74, 6) is -1.48. The van der Waals surface area contributed by atoms with Crippen molar-refractivity contribution in [2.75, 3.05) is 5.32 Å². The van der Waals surface area contributed by atoms with Gasteiger partial charge in [-0.25, -0.2) is 14.1 Å². The van der Waals surface area contributed by atoms with Gasteiger partial charge in [0.05, 0.1) is 22.4 Å². The lowest BCUT2D eigenvalue weighted by Crippen LogP contribution is -2.28. The maximum atomic E-state index is 14.7. The Morgan fingerprint density at radius 3 is 2.58 bits per heavy atom. The second kappa shape index (κ2) is 8.05. The van der Waals surface area contributed by atoms with E-state index in [-0.39, 0.29) is 27.4 Å². The third kappa shape index (κ3) is 3.99.